The van der Waals surface area contributed by atoms with Gasteiger partial charge in [-0.1, -0.05) is 35.9 Å². The van der Waals surface area contributed by atoms with E-state index in [4.69, 9.17) is 16.6 Å². The van der Waals surface area contributed by atoms with Gasteiger partial charge in [-0.25, -0.2) is 4.98 Å². The van der Waals surface area contributed by atoms with Crippen LogP contribution in [-0.4, -0.2) is 32.9 Å². The quantitative estimate of drug-likeness (QED) is 0.658. The zero-order valence-corrected chi connectivity index (χ0v) is 16.3. The highest BCUT2D eigenvalue weighted by Gasteiger charge is 2.24. The van der Waals surface area contributed by atoms with Gasteiger partial charge in [0.2, 0.25) is 5.91 Å². The van der Waals surface area contributed by atoms with Gasteiger partial charge in [-0.05, 0) is 56.0 Å². The molecular formula is C22H24ClN3O. The average Bonchev–Trinajstić information content (AvgIpc) is 3.01. The predicted molar refractivity (Wildman–Crippen MR) is 109 cm³/mol. The summed E-state index contributed by atoms with van der Waals surface area (Å²) in [6.07, 6.45) is 4.07. The summed E-state index contributed by atoms with van der Waals surface area (Å²) in [5, 5.41) is 0.724. The van der Waals surface area contributed by atoms with Crippen LogP contribution in [0.1, 0.15) is 37.6 Å². The Morgan fingerprint density at radius 1 is 1.15 bits per heavy atom. The molecule has 0 saturated carbocycles. The molecule has 4 nitrogen and oxygen atoms in total. The molecule has 2 aromatic carbocycles. The number of aromatic nitrogens is 2. The van der Waals surface area contributed by atoms with Gasteiger partial charge >= 0.3 is 0 Å². The van der Waals surface area contributed by atoms with Gasteiger partial charge in [0.15, 0.2) is 0 Å². The fourth-order valence-electron chi connectivity index (χ4n) is 3.92. The topological polar surface area (TPSA) is 38.1 Å². The summed E-state index contributed by atoms with van der Waals surface area (Å²) >= 11 is 6.01. The first-order valence-corrected chi connectivity index (χ1v) is 9.97. The Kier molecular flexibility index (Phi) is 5.17. The molecule has 4 rings (SSSR count). The van der Waals surface area contributed by atoms with Crippen LogP contribution in [0.15, 0.2) is 48.5 Å². The second kappa shape index (κ2) is 7.73. The zero-order chi connectivity index (χ0) is 18.8. The third kappa shape index (κ3) is 3.86. The van der Waals surface area contributed by atoms with Crippen molar-refractivity contribution in [1.82, 2.24) is 14.5 Å². The number of hydrogen-bond acceptors (Lipinski definition) is 2. The van der Waals surface area contributed by atoms with Crippen molar-refractivity contribution in [3.63, 3.8) is 0 Å². The van der Waals surface area contributed by atoms with Gasteiger partial charge in [0.25, 0.3) is 0 Å². The summed E-state index contributed by atoms with van der Waals surface area (Å²) in [6, 6.07) is 16.2. The second-order valence-corrected chi connectivity index (χ2v) is 7.77. The molecule has 140 valence electrons. The number of amides is 1. The van der Waals surface area contributed by atoms with Gasteiger partial charge in [0.05, 0.1) is 11.0 Å². The predicted octanol–water partition coefficient (Wildman–Crippen LogP) is 4.68. The Hall–Kier alpha value is -2.33. The van der Waals surface area contributed by atoms with Gasteiger partial charge in [-0.3, -0.25) is 4.79 Å². The van der Waals surface area contributed by atoms with Gasteiger partial charge in [0.1, 0.15) is 12.4 Å². The number of fused-ring (bicyclic) bond motifs is 1. The summed E-state index contributed by atoms with van der Waals surface area (Å²) in [4.78, 5) is 19.9. The highest BCUT2D eigenvalue weighted by atomic mass is 35.5. The Morgan fingerprint density at radius 2 is 1.93 bits per heavy atom. The number of carbonyl (C=O) groups excluding carboxylic acids is 1. The summed E-state index contributed by atoms with van der Waals surface area (Å²) in [6.45, 7) is 3.35. The minimum atomic E-state index is 0.183. The van der Waals surface area contributed by atoms with Crippen LogP contribution in [0.3, 0.4) is 0 Å². The number of carbonyl (C=O) groups is 1. The van der Waals surface area contributed by atoms with E-state index in [9.17, 15) is 4.79 Å². The van der Waals surface area contributed by atoms with Crippen LogP contribution >= 0.6 is 11.6 Å². The van der Waals surface area contributed by atoms with Crippen molar-refractivity contribution >= 4 is 28.5 Å². The Morgan fingerprint density at radius 3 is 2.70 bits per heavy atom. The Balaban J connectivity index is 1.65. The number of rotatable bonds is 4. The summed E-state index contributed by atoms with van der Waals surface area (Å²) in [5.74, 6) is 1.10. The number of para-hydroxylation sites is 2. The first-order chi connectivity index (χ1) is 13.1. The standard InChI is InChI=1S/C22H24ClN3O/c1-16-6-4-5-13-25(16)22(27)15-26-20-8-3-2-7-19(20)24-21(26)14-17-9-11-18(23)12-10-17/h2-3,7-12,16H,4-6,13-15H2,1H3. The maximum Gasteiger partial charge on any atom is 0.242 e. The third-order valence-electron chi connectivity index (χ3n) is 5.43. The van der Waals surface area contributed by atoms with E-state index in [1.807, 2.05) is 53.4 Å². The minimum absolute atomic E-state index is 0.183. The van der Waals surface area contributed by atoms with Crippen molar-refractivity contribution in [2.75, 3.05) is 6.54 Å². The fraction of sp³-hybridized carbons (Fsp3) is 0.364. The normalized spacial score (nSPS) is 17.4. The van der Waals surface area contributed by atoms with Crippen molar-refractivity contribution < 1.29 is 4.79 Å². The first-order valence-electron chi connectivity index (χ1n) is 9.60. The van der Waals surface area contributed by atoms with E-state index in [1.54, 1.807) is 0 Å². The van der Waals surface area contributed by atoms with E-state index >= 15 is 0 Å². The zero-order valence-electron chi connectivity index (χ0n) is 15.6. The number of imidazole rings is 1. The van der Waals surface area contributed by atoms with Crippen LogP contribution < -0.4 is 0 Å². The van der Waals surface area contributed by atoms with Gasteiger partial charge in [-0.15, -0.1) is 0 Å². The lowest BCUT2D eigenvalue weighted by Crippen LogP contribution is -2.43. The largest absolute Gasteiger partial charge is 0.338 e. The molecule has 0 aliphatic carbocycles. The first kappa shape index (κ1) is 18.1. The third-order valence-corrected chi connectivity index (χ3v) is 5.68. The fourth-order valence-corrected chi connectivity index (χ4v) is 4.04. The average molecular weight is 382 g/mol. The number of piperidine rings is 1. The maximum atomic E-state index is 13.0. The maximum absolute atomic E-state index is 13.0. The van der Waals surface area contributed by atoms with Crippen molar-refractivity contribution in [1.29, 1.82) is 0 Å². The van der Waals surface area contributed by atoms with Gasteiger partial charge in [-0.2, -0.15) is 0 Å². The molecule has 1 saturated heterocycles. The lowest BCUT2D eigenvalue weighted by atomic mass is 10.0. The van der Waals surface area contributed by atoms with Crippen molar-refractivity contribution in [2.45, 2.75) is 45.2 Å². The molecule has 1 fully saturated rings. The molecule has 0 bridgehead atoms. The highest BCUT2D eigenvalue weighted by Crippen LogP contribution is 2.22. The molecule has 1 amide bonds. The van der Waals surface area contributed by atoms with Crippen LogP contribution in [0.2, 0.25) is 5.02 Å². The van der Waals surface area contributed by atoms with Crippen LogP contribution in [0.4, 0.5) is 0 Å². The molecule has 3 aromatic rings. The molecule has 1 atom stereocenters. The van der Waals surface area contributed by atoms with E-state index in [2.05, 4.69) is 11.5 Å². The number of hydrogen-bond donors (Lipinski definition) is 0. The monoisotopic (exact) mass is 381 g/mol. The smallest absolute Gasteiger partial charge is 0.242 e. The number of halogens is 1. The van der Waals surface area contributed by atoms with Gasteiger partial charge < -0.3 is 9.47 Å². The lowest BCUT2D eigenvalue weighted by molar-refractivity contribution is -0.135. The van der Waals surface area contributed by atoms with E-state index in [0.29, 0.717) is 19.0 Å². The van der Waals surface area contributed by atoms with Crippen molar-refractivity contribution in [2.24, 2.45) is 0 Å². The molecule has 2 heterocycles. The Labute approximate surface area is 164 Å². The summed E-state index contributed by atoms with van der Waals surface area (Å²) < 4.78 is 2.08. The van der Waals surface area contributed by atoms with Crippen molar-refractivity contribution in [3.05, 3.63) is 64.9 Å². The Bertz CT molecular complexity index is 948. The molecule has 1 aromatic heterocycles. The van der Waals surface area contributed by atoms with E-state index in [1.165, 1.54) is 6.42 Å². The van der Waals surface area contributed by atoms with Crippen LogP contribution in [-0.2, 0) is 17.8 Å². The highest BCUT2D eigenvalue weighted by molar-refractivity contribution is 6.30. The summed E-state index contributed by atoms with van der Waals surface area (Å²) in [7, 11) is 0. The molecule has 1 unspecified atom stereocenters. The molecule has 0 N–H and O–H groups in total. The molecule has 27 heavy (non-hydrogen) atoms. The molecule has 1 aliphatic heterocycles. The number of benzene rings is 2. The van der Waals surface area contributed by atoms with Crippen LogP contribution in [0, 0.1) is 0 Å². The molecule has 1 aliphatic rings. The van der Waals surface area contributed by atoms with Crippen LogP contribution in [0.25, 0.3) is 11.0 Å². The van der Waals surface area contributed by atoms with Gasteiger partial charge in [0, 0.05) is 24.0 Å². The second-order valence-electron chi connectivity index (χ2n) is 7.34. The van der Waals surface area contributed by atoms with E-state index < -0.39 is 0 Å². The van der Waals surface area contributed by atoms with Crippen molar-refractivity contribution in [3.8, 4) is 0 Å². The van der Waals surface area contributed by atoms with E-state index in [-0.39, 0.29) is 5.91 Å². The molecule has 0 radical (unpaired) electrons. The molecule has 0 spiro atoms. The van der Waals surface area contributed by atoms with E-state index in [0.717, 1.165) is 46.8 Å². The molecule has 5 heteroatoms. The molecular weight excluding hydrogens is 358 g/mol. The number of nitrogens with zero attached hydrogens (tertiary/aromatic N) is 3. The van der Waals surface area contributed by atoms with Crippen LogP contribution in [0.5, 0.6) is 0 Å². The lowest BCUT2D eigenvalue weighted by Gasteiger charge is -2.33. The summed E-state index contributed by atoms with van der Waals surface area (Å²) in [5.41, 5.74) is 3.08. The minimum Gasteiger partial charge on any atom is -0.338 e. The number of likely N-dealkylation sites (tertiary alicyclic amines) is 1. The SMILES string of the molecule is CC1CCCCN1C(=O)Cn1c(Cc2ccc(Cl)cc2)nc2ccccc21.